The van der Waals surface area contributed by atoms with Gasteiger partial charge in [-0.2, -0.15) is 23.8 Å². The predicted molar refractivity (Wildman–Crippen MR) is 143 cm³/mol. The number of aromatic carboxylic acids is 1. The molecule has 6 aromatic rings. The molecule has 10 nitrogen and oxygen atoms in total. The molecular weight excluding hydrogens is 522 g/mol. The van der Waals surface area contributed by atoms with Crippen molar-refractivity contribution >= 4 is 22.7 Å². The first-order valence-electron chi connectivity index (χ1n) is 12.1. The summed E-state index contributed by atoms with van der Waals surface area (Å²) in [6, 6.07) is 17.9. The number of H-pyrrole nitrogens is 1. The van der Waals surface area contributed by atoms with Crippen LogP contribution in [0.3, 0.4) is 0 Å². The summed E-state index contributed by atoms with van der Waals surface area (Å²) in [7, 11) is 0. The molecule has 12 heteroatoms. The van der Waals surface area contributed by atoms with Crippen LogP contribution in [0.5, 0.6) is 0 Å². The number of para-hydroxylation sites is 1. The summed E-state index contributed by atoms with van der Waals surface area (Å²) in [6.45, 7) is 2.87. The minimum Gasteiger partial charge on any atom is -0.476 e. The molecule has 0 saturated heterocycles. The molecule has 0 amide bonds. The van der Waals surface area contributed by atoms with Gasteiger partial charge in [-0.1, -0.05) is 42.0 Å². The molecule has 0 saturated carbocycles. The number of alkyl halides is 2. The number of aromatic nitrogens is 5. The van der Waals surface area contributed by atoms with Crippen LogP contribution in [0.25, 0.3) is 33.5 Å². The fraction of sp³-hybridized carbons (Fsp3) is 0.143. The normalized spacial score (nSPS) is 11.4. The van der Waals surface area contributed by atoms with E-state index in [1.54, 1.807) is 12.3 Å². The van der Waals surface area contributed by atoms with Crippen LogP contribution < -0.4 is 5.73 Å². The number of oxazole rings is 1. The molecule has 204 valence electrons. The Bertz CT molecular complexity index is 1790. The Morgan fingerprint density at radius 2 is 1.95 bits per heavy atom. The summed E-state index contributed by atoms with van der Waals surface area (Å²) < 4.78 is 36.7. The molecule has 0 aliphatic rings. The van der Waals surface area contributed by atoms with Crippen molar-refractivity contribution in [2.45, 2.75) is 26.3 Å². The number of carboxylic acid groups (broad SMARTS) is 1. The summed E-state index contributed by atoms with van der Waals surface area (Å²) in [5, 5.41) is 18.4. The molecular formula is C28H24F2N6O4. The van der Waals surface area contributed by atoms with E-state index < -0.39 is 11.9 Å². The van der Waals surface area contributed by atoms with Gasteiger partial charge in [-0.05, 0) is 31.2 Å². The summed E-state index contributed by atoms with van der Waals surface area (Å²) >= 11 is 0. The second-order valence-electron chi connectivity index (χ2n) is 9.08. The monoisotopic (exact) mass is 546 g/mol. The van der Waals surface area contributed by atoms with Gasteiger partial charge in [0.2, 0.25) is 0 Å². The molecule has 0 atom stereocenters. The topological polar surface area (TPSA) is 149 Å². The zero-order chi connectivity index (χ0) is 28.4. The van der Waals surface area contributed by atoms with E-state index in [1.807, 2.05) is 49.4 Å². The number of hydrogen-bond donors (Lipinski definition) is 3. The third-order valence-corrected chi connectivity index (χ3v) is 5.97. The Labute approximate surface area is 226 Å². The number of fused-ring (bicyclic) bond motifs is 1. The molecule has 0 aliphatic heterocycles. The van der Waals surface area contributed by atoms with E-state index in [-0.39, 0.29) is 18.0 Å². The number of anilines is 1. The van der Waals surface area contributed by atoms with E-state index in [2.05, 4.69) is 20.2 Å². The number of furan rings is 1. The number of halogens is 2. The Hall–Kier alpha value is -5.26. The number of carbonyl (C=O) groups is 1. The van der Waals surface area contributed by atoms with Crippen molar-refractivity contribution in [3.05, 3.63) is 96.0 Å². The van der Waals surface area contributed by atoms with Crippen molar-refractivity contribution in [3.8, 4) is 22.6 Å². The highest BCUT2D eigenvalue weighted by molar-refractivity contribution is 6.00. The Morgan fingerprint density at radius 1 is 1.15 bits per heavy atom. The van der Waals surface area contributed by atoms with E-state index in [0.29, 0.717) is 23.0 Å². The van der Waals surface area contributed by atoms with E-state index in [0.717, 1.165) is 40.9 Å². The average Bonchev–Trinajstić information content (AvgIpc) is 3.70. The first-order valence-corrected chi connectivity index (χ1v) is 12.1. The van der Waals surface area contributed by atoms with Crippen LogP contribution in [0.15, 0.2) is 82.1 Å². The van der Waals surface area contributed by atoms with Crippen molar-refractivity contribution in [1.82, 2.24) is 25.0 Å². The molecule has 4 heterocycles. The van der Waals surface area contributed by atoms with Gasteiger partial charge in [-0.25, -0.2) is 9.78 Å². The highest BCUT2D eigenvalue weighted by atomic mass is 19.3. The van der Waals surface area contributed by atoms with Gasteiger partial charge in [-0.15, -0.1) is 0 Å². The molecule has 6 rings (SSSR count). The average molecular weight is 547 g/mol. The maximum atomic E-state index is 13.2. The maximum Gasteiger partial charge on any atom is 0.358 e. The van der Waals surface area contributed by atoms with Crippen molar-refractivity contribution < 1.29 is 27.5 Å². The molecule has 0 radical (unpaired) electrons. The highest BCUT2D eigenvalue weighted by Gasteiger charge is 2.28. The summed E-state index contributed by atoms with van der Waals surface area (Å²) in [5.74, 6) is -3.33. The fourth-order valence-electron chi connectivity index (χ4n) is 4.15. The molecule has 0 spiro atoms. The molecule has 2 aromatic carbocycles. The Kier molecular flexibility index (Phi) is 6.91. The quantitative estimate of drug-likeness (QED) is 0.227. The maximum absolute atomic E-state index is 13.2. The van der Waals surface area contributed by atoms with Gasteiger partial charge < -0.3 is 24.7 Å². The van der Waals surface area contributed by atoms with Gasteiger partial charge in [0.1, 0.15) is 23.8 Å². The van der Waals surface area contributed by atoms with E-state index in [1.165, 1.54) is 16.9 Å². The smallest absolute Gasteiger partial charge is 0.358 e. The summed E-state index contributed by atoms with van der Waals surface area (Å²) in [5.41, 5.74) is 10.1. The largest absolute Gasteiger partial charge is 0.476 e. The number of carboxylic acids is 1. The van der Waals surface area contributed by atoms with Crippen molar-refractivity contribution in [3.63, 3.8) is 0 Å². The van der Waals surface area contributed by atoms with Gasteiger partial charge in [0.05, 0.1) is 11.8 Å². The highest BCUT2D eigenvalue weighted by Crippen LogP contribution is 2.33. The van der Waals surface area contributed by atoms with Gasteiger partial charge in [-0.3, -0.25) is 0 Å². The lowest BCUT2D eigenvalue weighted by Crippen LogP contribution is -2.05. The van der Waals surface area contributed by atoms with Crippen molar-refractivity contribution in [2.24, 2.45) is 0 Å². The number of nitrogen functional groups attached to an aromatic ring is 1. The van der Waals surface area contributed by atoms with Gasteiger partial charge in [0.15, 0.2) is 23.6 Å². The standard InChI is InChI=1S/C17H15F2N5O.C11H9NO3/c1-17(18,19)14-7-6-10(25-14)9-24-21-8-13(23-24)15-11-4-2-3-5-12(11)22-16(15)20;1-7-3-2-4-8(5-7)10-9(11(13)14)12-6-15-10/h2-8,22H,9,20H2,1H3;2-6H,1H3,(H,13,14). The molecule has 0 bridgehead atoms. The van der Waals surface area contributed by atoms with Crippen LogP contribution in [0.4, 0.5) is 14.6 Å². The number of nitrogens with one attached hydrogen (secondary N) is 1. The number of aryl methyl sites for hydroxylation is 1. The number of aromatic amines is 1. The van der Waals surface area contributed by atoms with Crippen molar-refractivity contribution in [1.29, 1.82) is 0 Å². The van der Waals surface area contributed by atoms with Crippen LogP contribution in [0.2, 0.25) is 0 Å². The van der Waals surface area contributed by atoms with Crippen LogP contribution in [0, 0.1) is 6.92 Å². The minimum absolute atomic E-state index is 0.0550. The lowest BCUT2D eigenvalue weighted by molar-refractivity contribution is -0.00641. The molecule has 4 N–H and O–H groups in total. The number of benzene rings is 2. The predicted octanol–water partition coefficient (Wildman–Crippen LogP) is 6.11. The Morgan fingerprint density at radius 3 is 2.67 bits per heavy atom. The lowest BCUT2D eigenvalue weighted by Gasteiger charge is -2.05. The first kappa shape index (κ1) is 26.4. The number of hydrogen-bond acceptors (Lipinski definition) is 7. The second kappa shape index (κ2) is 10.5. The van der Waals surface area contributed by atoms with Crippen LogP contribution in [-0.4, -0.2) is 36.0 Å². The number of nitrogens with zero attached hydrogens (tertiary/aromatic N) is 4. The minimum atomic E-state index is -3.01. The molecule has 0 unspecified atom stereocenters. The second-order valence-corrected chi connectivity index (χ2v) is 9.08. The van der Waals surface area contributed by atoms with Gasteiger partial charge >= 0.3 is 11.9 Å². The first-order chi connectivity index (χ1) is 19.1. The third-order valence-electron chi connectivity index (χ3n) is 5.97. The number of nitrogens with two attached hydrogens (primary N) is 1. The van der Waals surface area contributed by atoms with E-state index in [9.17, 15) is 13.6 Å². The number of rotatable bonds is 6. The SMILES string of the molecule is CC(F)(F)c1ccc(Cn2ncc(-c3c(N)[nH]c4ccccc34)n2)o1.Cc1cccc(-c2ocnc2C(=O)O)c1. The lowest BCUT2D eigenvalue weighted by atomic mass is 10.1. The van der Waals surface area contributed by atoms with Crippen molar-refractivity contribution in [2.75, 3.05) is 5.73 Å². The zero-order valence-corrected chi connectivity index (χ0v) is 21.4. The molecule has 0 aliphatic carbocycles. The molecule has 40 heavy (non-hydrogen) atoms. The van der Waals surface area contributed by atoms with Crippen LogP contribution in [0.1, 0.15) is 34.5 Å². The third kappa shape index (κ3) is 5.46. The van der Waals surface area contributed by atoms with E-state index >= 15 is 0 Å². The van der Waals surface area contributed by atoms with Gasteiger partial charge in [0, 0.05) is 23.4 Å². The van der Waals surface area contributed by atoms with Crippen LogP contribution >= 0.6 is 0 Å². The van der Waals surface area contributed by atoms with Gasteiger partial charge in [0.25, 0.3) is 0 Å². The van der Waals surface area contributed by atoms with E-state index in [4.69, 9.17) is 19.7 Å². The summed E-state index contributed by atoms with van der Waals surface area (Å²) in [6.07, 6.45) is 2.73. The van der Waals surface area contributed by atoms with Crippen LogP contribution in [-0.2, 0) is 12.5 Å². The zero-order valence-electron chi connectivity index (χ0n) is 21.4. The fourth-order valence-corrected chi connectivity index (χ4v) is 4.15. The summed E-state index contributed by atoms with van der Waals surface area (Å²) in [4.78, 5) is 19.0. The Balaban J connectivity index is 0.000000184. The molecule has 0 fully saturated rings. The molecule has 4 aromatic heterocycles.